The molecule has 0 unspecified atom stereocenters. The van der Waals surface area contributed by atoms with E-state index in [1.54, 1.807) is 6.34 Å². The standard InChI is InChI=1S/C30H36Cl2N6O4S.2ClH/c1-19-15-20(2)36-29-22(19)5-3-7-26(29)42-17-23-24(31)8-9-27(28(23)32)43(40,41)38-12-4-6-25(38)30(39)34-16-21-10-13-37(14-11-21)18-35-33;;/h3,5,7-9,15,18,21,25H,4,6,10-14,16-17,33H2,1-2H3,(H,34,39);2*1H/t25-;;/m0../s1. The zero-order chi connectivity index (χ0) is 30.7. The van der Waals surface area contributed by atoms with Crippen LogP contribution in [-0.4, -0.2) is 67.1 Å². The summed E-state index contributed by atoms with van der Waals surface area (Å²) in [4.78, 5) is 19.8. The fourth-order valence-electron chi connectivity index (χ4n) is 5.88. The third kappa shape index (κ3) is 8.07. The molecule has 45 heavy (non-hydrogen) atoms. The molecule has 2 fully saturated rings. The van der Waals surface area contributed by atoms with Gasteiger partial charge in [-0.3, -0.25) is 4.79 Å². The molecule has 2 saturated heterocycles. The van der Waals surface area contributed by atoms with E-state index in [0.29, 0.717) is 42.1 Å². The third-order valence-electron chi connectivity index (χ3n) is 8.20. The Morgan fingerprint density at radius 1 is 1.13 bits per heavy atom. The Hall–Kier alpha value is -2.54. The topological polar surface area (TPSA) is 130 Å². The molecule has 3 N–H and O–H groups in total. The van der Waals surface area contributed by atoms with Crippen LogP contribution in [0.15, 0.2) is 46.4 Å². The number of nitrogens with zero attached hydrogens (tertiary/aromatic N) is 4. The highest BCUT2D eigenvalue weighted by Gasteiger charge is 2.41. The first-order valence-electron chi connectivity index (χ1n) is 14.3. The minimum absolute atomic E-state index is 0. The van der Waals surface area contributed by atoms with Crippen LogP contribution < -0.4 is 15.9 Å². The second-order valence-corrected chi connectivity index (χ2v) is 13.8. The number of fused-ring (bicyclic) bond motifs is 1. The van der Waals surface area contributed by atoms with Crippen molar-refractivity contribution in [3.05, 3.63) is 63.3 Å². The number of carbonyl (C=O) groups is 1. The number of para-hydroxylation sites is 1. The van der Waals surface area contributed by atoms with E-state index in [4.69, 9.17) is 33.8 Å². The normalized spacial score (nSPS) is 17.7. The van der Waals surface area contributed by atoms with E-state index in [2.05, 4.69) is 15.4 Å². The molecule has 3 heterocycles. The van der Waals surface area contributed by atoms with Crippen molar-refractivity contribution in [2.45, 2.75) is 57.1 Å². The van der Waals surface area contributed by atoms with E-state index in [9.17, 15) is 13.2 Å². The lowest BCUT2D eigenvalue weighted by Gasteiger charge is -2.31. The maximum Gasteiger partial charge on any atom is 0.245 e. The molecule has 5 rings (SSSR count). The Balaban J connectivity index is 0.00000276. The van der Waals surface area contributed by atoms with Gasteiger partial charge in [-0.2, -0.15) is 9.41 Å². The van der Waals surface area contributed by atoms with E-state index in [1.807, 2.05) is 43.0 Å². The van der Waals surface area contributed by atoms with Gasteiger partial charge in [0.2, 0.25) is 15.9 Å². The van der Waals surface area contributed by atoms with Crippen LogP contribution in [0.5, 0.6) is 5.75 Å². The van der Waals surface area contributed by atoms with E-state index in [-0.39, 0.29) is 58.8 Å². The Morgan fingerprint density at radius 2 is 1.87 bits per heavy atom. The van der Waals surface area contributed by atoms with Crippen LogP contribution in [0.2, 0.25) is 10.0 Å². The van der Waals surface area contributed by atoms with Crippen LogP contribution >= 0.6 is 48.0 Å². The van der Waals surface area contributed by atoms with Crippen molar-refractivity contribution < 1.29 is 17.9 Å². The number of nitrogens with two attached hydrogens (primary N) is 1. The molecule has 0 radical (unpaired) electrons. The number of pyridine rings is 1. The molecular weight excluding hydrogens is 682 g/mol. The van der Waals surface area contributed by atoms with Gasteiger partial charge in [0.1, 0.15) is 35.1 Å². The number of rotatable bonds is 9. The number of sulfonamides is 1. The monoisotopic (exact) mass is 718 g/mol. The summed E-state index contributed by atoms with van der Waals surface area (Å²) in [6.45, 7) is 6.20. The molecule has 1 amide bonds. The molecule has 1 atom stereocenters. The molecule has 1 aromatic heterocycles. The number of halogens is 4. The van der Waals surface area contributed by atoms with Crippen LogP contribution in [0.25, 0.3) is 10.9 Å². The number of hydrogen-bond acceptors (Lipinski definition) is 7. The van der Waals surface area contributed by atoms with Crippen molar-refractivity contribution in [1.29, 1.82) is 0 Å². The highest BCUT2D eigenvalue weighted by atomic mass is 35.5. The molecule has 2 aliphatic rings. The number of hydrogen-bond donors (Lipinski definition) is 2. The van der Waals surface area contributed by atoms with Gasteiger partial charge in [-0.05, 0) is 75.3 Å². The number of benzene rings is 2. The number of ether oxygens (including phenoxy) is 1. The zero-order valence-corrected chi connectivity index (χ0v) is 29.0. The number of hydrazone groups is 1. The zero-order valence-electron chi connectivity index (χ0n) is 25.0. The van der Waals surface area contributed by atoms with Crippen LogP contribution in [0.4, 0.5) is 0 Å². The molecule has 0 saturated carbocycles. The molecule has 0 aliphatic carbocycles. The van der Waals surface area contributed by atoms with E-state index < -0.39 is 16.1 Å². The van der Waals surface area contributed by atoms with Gasteiger partial charge in [0.05, 0.1) is 5.02 Å². The van der Waals surface area contributed by atoms with E-state index in [1.165, 1.54) is 16.4 Å². The number of aromatic nitrogens is 1. The Morgan fingerprint density at radius 3 is 2.58 bits per heavy atom. The molecule has 10 nitrogen and oxygen atoms in total. The summed E-state index contributed by atoms with van der Waals surface area (Å²) < 4.78 is 35.2. The number of amides is 1. The van der Waals surface area contributed by atoms with Gasteiger partial charge in [0.15, 0.2) is 0 Å². The first kappa shape index (κ1) is 36.9. The summed E-state index contributed by atoms with van der Waals surface area (Å²) in [5.41, 5.74) is 2.98. The Labute approximate surface area is 286 Å². The SMILES string of the molecule is Cc1cc(C)c2cccc(OCc3c(Cl)ccc(S(=O)(=O)N4CCC[C@H]4C(=O)NCC4CCN(C=NN)CC4)c3Cl)c2n1.Cl.Cl. The molecule has 2 aliphatic heterocycles. The molecule has 15 heteroatoms. The average molecular weight is 721 g/mol. The fourth-order valence-corrected chi connectivity index (χ4v) is 8.40. The highest BCUT2D eigenvalue weighted by molar-refractivity contribution is 7.89. The van der Waals surface area contributed by atoms with Crippen molar-refractivity contribution in [2.75, 3.05) is 26.2 Å². The average Bonchev–Trinajstić information content (AvgIpc) is 3.48. The maximum atomic E-state index is 13.9. The number of carbonyl (C=O) groups excluding carboxylic acids is 1. The molecule has 3 aromatic rings. The van der Waals surface area contributed by atoms with Crippen molar-refractivity contribution in [3.63, 3.8) is 0 Å². The second kappa shape index (κ2) is 15.8. The predicted molar refractivity (Wildman–Crippen MR) is 183 cm³/mol. The largest absolute Gasteiger partial charge is 0.487 e. The Kier molecular flexibility index (Phi) is 13.0. The lowest BCUT2D eigenvalue weighted by Crippen LogP contribution is -2.47. The van der Waals surface area contributed by atoms with Gasteiger partial charge in [-0.15, -0.1) is 24.8 Å². The summed E-state index contributed by atoms with van der Waals surface area (Å²) in [6, 6.07) is 9.74. The van der Waals surface area contributed by atoms with Crippen LogP contribution in [0.3, 0.4) is 0 Å². The summed E-state index contributed by atoms with van der Waals surface area (Å²) >= 11 is 13.2. The summed E-state index contributed by atoms with van der Waals surface area (Å²) in [7, 11) is -4.11. The molecule has 0 bridgehead atoms. The predicted octanol–water partition coefficient (Wildman–Crippen LogP) is 5.46. The summed E-state index contributed by atoms with van der Waals surface area (Å²) in [5.74, 6) is 5.78. The number of aryl methyl sites for hydroxylation is 2. The van der Waals surface area contributed by atoms with Crippen LogP contribution in [0, 0.1) is 19.8 Å². The van der Waals surface area contributed by atoms with Crippen molar-refractivity contribution in [3.8, 4) is 5.75 Å². The maximum absolute atomic E-state index is 13.9. The first-order valence-corrected chi connectivity index (χ1v) is 16.5. The molecule has 0 spiro atoms. The third-order valence-corrected chi connectivity index (χ3v) is 11.0. The van der Waals surface area contributed by atoms with E-state index in [0.717, 1.165) is 42.6 Å². The van der Waals surface area contributed by atoms with Crippen LogP contribution in [0.1, 0.15) is 42.5 Å². The molecule has 246 valence electrons. The van der Waals surface area contributed by atoms with Crippen molar-refractivity contribution in [2.24, 2.45) is 16.9 Å². The summed E-state index contributed by atoms with van der Waals surface area (Å²) in [6.07, 6.45) is 4.40. The van der Waals surface area contributed by atoms with Gasteiger partial charge in [0.25, 0.3) is 0 Å². The smallest absolute Gasteiger partial charge is 0.245 e. The number of nitrogens with one attached hydrogen (secondary N) is 1. The molecular formula is C30H38Cl4N6O4S. The van der Waals surface area contributed by atoms with Gasteiger partial charge in [-0.25, -0.2) is 13.4 Å². The molecule has 2 aromatic carbocycles. The van der Waals surface area contributed by atoms with Gasteiger partial charge in [-0.1, -0.05) is 35.3 Å². The van der Waals surface area contributed by atoms with E-state index >= 15 is 0 Å². The minimum Gasteiger partial charge on any atom is -0.487 e. The second-order valence-electron chi connectivity index (χ2n) is 11.1. The van der Waals surface area contributed by atoms with Gasteiger partial charge >= 0.3 is 0 Å². The van der Waals surface area contributed by atoms with Gasteiger partial charge < -0.3 is 20.8 Å². The lowest BCUT2D eigenvalue weighted by atomic mass is 9.97. The van der Waals surface area contributed by atoms with Crippen molar-refractivity contribution in [1.82, 2.24) is 19.5 Å². The number of likely N-dealkylation sites (tertiary alicyclic amines) is 1. The highest BCUT2D eigenvalue weighted by Crippen LogP contribution is 2.36. The number of piperidine rings is 1. The lowest BCUT2D eigenvalue weighted by molar-refractivity contribution is -0.124. The van der Waals surface area contributed by atoms with Gasteiger partial charge in [0, 0.05) is 47.8 Å². The first-order chi connectivity index (χ1) is 20.6. The fraction of sp³-hybridized carbons (Fsp3) is 0.433. The quantitative estimate of drug-likeness (QED) is 0.130. The Bertz CT molecular complexity index is 1650. The van der Waals surface area contributed by atoms with Crippen molar-refractivity contribution >= 4 is 81.2 Å². The van der Waals surface area contributed by atoms with Crippen LogP contribution in [-0.2, 0) is 21.4 Å². The summed E-state index contributed by atoms with van der Waals surface area (Å²) in [5, 5.41) is 7.78. The minimum atomic E-state index is -4.11.